The Bertz CT molecular complexity index is 422. The summed E-state index contributed by atoms with van der Waals surface area (Å²) < 4.78 is 5.89. The Kier molecular flexibility index (Phi) is 6.35. The standard InChI is InChI=1S/C15H22BrNO2/c1-4-5-8-11-15(2,14(18)19-3)17-13-10-7-6-9-12(13)16/h6-7,9-10,17H,4-5,8,11H2,1-3H3. The van der Waals surface area contributed by atoms with Gasteiger partial charge in [-0.2, -0.15) is 0 Å². The van der Waals surface area contributed by atoms with Gasteiger partial charge in [0.05, 0.1) is 7.11 Å². The predicted molar refractivity (Wildman–Crippen MR) is 82.3 cm³/mol. The summed E-state index contributed by atoms with van der Waals surface area (Å²) in [4.78, 5) is 12.0. The van der Waals surface area contributed by atoms with Crippen LogP contribution in [0.25, 0.3) is 0 Å². The van der Waals surface area contributed by atoms with E-state index in [9.17, 15) is 4.79 Å². The van der Waals surface area contributed by atoms with Crippen molar-refractivity contribution in [2.24, 2.45) is 0 Å². The smallest absolute Gasteiger partial charge is 0.331 e. The maximum atomic E-state index is 12.0. The molecule has 106 valence electrons. The van der Waals surface area contributed by atoms with Crippen LogP contribution < -0.4 is 5.32 Å². The Labute approximate surface area is 123 Å². The Morgan fingerprint density at radius 1 is 1.37 bits per heavy atom. The van der Waals surface area contributed by atoms with E-state index >= 15 is 0 Å². The van der Waals surface area contributed by atoms with E-state index in [1.807, 2.05) is 31.2 Å². The normalized spacial score (nSPS) is 13.7. The van der Waals surface area contributed by atoms with E-state index in [1.54, 1.807) is 0 Å². The molecule has 0 aromatic heterocycles. The molecule has 0 aliphatic heterocycles. The number of carbonyl (C=O) groups is 1. The quantitative estimate of drug-likeness (QED) is 0.596. The van der Waals surface area contributed by atoms with Crippen LogP contribution in [0.4, 0.5) is 5.69 Å². The van der Waals surface area contributed by atoms with Crippen molar-refractivity contribution in [3.8, 4) is 0 Å². The molecule has 0 amide bonds. The molecule has 1 N–H and O–H groups in total. The fourth-order valence-corrected chi connectivity index (χ4v) is 2.41. The van der Waals surface area contributed by atoms with Crippen LogP contribution >= 0.6 is 15.9 Å². The van der Waals surface area contributed by atoms with Crippen LogP contribution in [0.1, 0.15) is 39.5 Å². The molecule has 1 aromatic carbocycles. The van der Waals surface area contributed by atoms with Gasteiger partial charge in [0.2, 0.25) is 0 Å². The Morgan fingerprint density at radius 3 is 2.63 bits per heavy atom. The lowest BCUT2D eigenvalue weighted by Gasteiger charge is -2.29. The Morgan fingerprint density at radius 2 is 2.05 bits per heavy atom. The molecule has 19 heavy (non-hydrogen) atoms. The van der Waals surface area contributed by atoms with Crippen LogP contribution in [0.5, 0.6) is 0 Å². The average molecular weight is 328 g/mol. The summed E-state index contributed by atoms with van der Waals surface area (Å²) in [7, 11) is 1.43. The van der Waals surface area contributed by atoms with E-state index in [0.29, 0.717) is 0 Å². The topological polar surface area (TPSA) is 38.3 Å². The minimum absolute atomic E-state index is 0.223. The van der Waals surface area contributed by atoms with Crippen LogP contribution in [0, 0.1) is 0 Å². The van der Waals surface area contributed by atoms with Crippen molar-refractivity contribution in [2.75, 3.05) is 12.4 Å². The highest BCUT2D eigenvalue weighted by atomic mass is 79.9. The molecule has 4 heteroatoms. The van der Waals surface area contributed by atoms with Crippen LogP contribution in [-0.2, 0) is 9.53 Å². The summed E-state index contributed by atoms with van der Waals surface area (Å²) in [6.45, 7) is 4.05. The minimum Gasteiger partial charge on any atom is -0.467 e. The van der Waals surface area contributed by atoms with Gasteiger partial charge in [0.15, 0.2) is 0 Å². The number of unbranched alkanes of at least 4 members (excludes halogenated alkanes) is 2. The molecule has 0 saturated heterocycles. The average Bonchev–Trinajstić information content (AvgIpc) is 2.41. The molecule has 0 aliphatic rings. The van der Waals surface area contributed by atoms with E-state index in [4.69, 9.17) is 4.74 Å². The number of rotatable bonds is 7. The molecule has 1 atom stereocenters. The van der Waals surface area contributed by atoms with Gasteiger partial charge in [-0.1, -0.05) is 38.3 Å². The number of halogens is 1. The second-order valence-corrected chi connectivity index (χ2v) is 5.74. The number of hydrogen-bond donors (Lipinski definition) is 1. The summed E-state index contributed by atoms with van der Waals surface area (Å²) in [6, 6.07) is 7.79. The molecule has 0 radical (unpaired) electrons. The van der Waals surface area contributed by atoms with E-state index in [-0.39, 0.29) is 5.97 Å². The summed E-state index contributed by atoms with van der Waals surface area (Å²) in [5.41, 5.74) is 0.222. The number of carbonyl (C=O) groups excluding carboxylic acids is 1. The predicted octanol–water partition coefficient (Wildman–Crippen LogP) is 4.37. The zero-order chi connectivity index (χ0) is 14.3. The first kappa shape index (κ1) is 16.0. The molecule has 3 nitrogen and oxygen atoms in total. The molecule has 1 unspecified atom stereocenters. The lowest BCUT2D eigenvalue weighted by Crippen LogP contribution is -2.44. The van der Waals surface area contributed by atoms with Crippen molar-refractivity contribution in [2.45, 2.75) is 45.1 Å². The third-order valence-electron chi connectivity index (χ3n) is 3.20. The van der Waals surface area contributed by atoms with Crippen LogP contribution in [0.2, 0.25) is 0 Å². The summed E-state index contributed by atoms with van der Waals surface area (Å²) in [6.07, 6.45) is 4.00. The lowest BCUT2D eigenvalue weighted by atomic mass is 9.94. The summed E-state index contributed by atoms with van der Waals surface area (Å²) >= 11 is 3.49. The third-order valence-corrected chi connectivity index (χ3v) is 3.89. The van der Waals surface area contributed by atoms with Gasteiger partial charge in [0.1, 0.15) is 5.54 Å². The Hall–Kier alpha value is -1.03. The maximum absolute atomic E-state index is 12.0. The number of hydrogen-bond acceptors (Lipinski definition) is 3. The molecule has 0 saturated carbocycles. The SMILES string of the molecule is CCCCCC(C)(Nc1ccccc1Br)C(=O)OC. The van der Waals surface area contributed by atoms with Gasteiger partial charge in [-0.15, -0.1) is 0 Å². The number of para-hydroxylation sites is 1. The largest absolute Gasteiger partial charge is 0.467 e. The van der Waals surface area contributed by atoms with Crippen LogP contribution in [0.15, 0.2) is 28.7 Å². The number of methoxy groups -OCH3 is 1. The maximum Gasteiger partial charge on any atom is 0.331 e. The number of esters is 1. The molecule has 1 aromatic rings. The number of ether oxygens (including phenoxy) is 1. The highest BCUT2D eigenvalue weighted by Gasteiger charge is 2.34. The van der Waals surface area contributed by atoms with Gasteiger partial charge in [-0.3, -0.25) is 0 Å². The molecule has 0 bridgehead atoms. The van der Waals surface area contributed by atoms with Crippen LogP contribution in [-0.4, -0.2) is 18.6 Å². The molecule has 1 rings (SSSR count). The van der Waals surface area contributed by atoms with Crippen molar-refractivity contribution in [1.82, 2.24) is 0 Å². The minimum atomic E-state index is -0.687. The van der Waals surface area contributed by atoms with Crippen molar-refractivity contribution in [1.29, 1.82) is 0 Å². The number of benzene rings is 1. The summed E-state index contributed by atoms with van der Waals surface area (Å²) in [5, 5.41) is 3.31. The fourth-order valence-electron chi connectivity index (χ4n) is 2.03. The van der Waals surface area contributed by atoms with Crippen LogP contribution in [0.3, 0.4) is 0 Å². The van der Waals surface area contributed by atoms with E-state index in [0.717, 1.165) is 35.8 Å². The molecule has 0 spiro atoms. The van der Waals surface area contributed by atoms with Gasteiger partial charge in [-0.05, 0) is 41.4 Å². The molecule has 0 fully saturated rings. The van der Waals surface area contributed by atoms with Crippen molar-refractivity contribution in [3.63, 3.8) is 0 Å². The van der Waals surface area contributed by atoms with Gasteiger partial charge >= 0.3 is 5.97 Å². The van der Waals surface area contributed by atoms with Gasteiger partial charge in [-0.25, -0.2) is 4.79 Å². The number of nitrogens with one attached hydrogen (secondary N) is 1. The third kappa shape index (κ3) is 4.53. The zero-order valence-electron chi connectivity index (χ0n) is 11.8. The molecule has 0 heterocycles. The first-order valence-corrected chi connectivity index (χ1v) is 7.44. The van der Waals surface area contributed by atoms with Crippen molar-refractivity contribution >= 4 is 27.6 Å². The van der Waals surface area contributed by atoms with Gasteiger partial charge in [0.25, 0.3) is 0 Å². The first-order chi connectivity index (χ1) is 9.03. The monoisotopic (exact) mass is 327 g/mol. The molecular formula is C15H22BrNO2. The number of anilines is 1. The fraction of sp³-hybridized carbons (Fsp3) is 0.533. The van der Waals surface area contributed by atoms with E-state index in [1.165, 1.54) is 7.11 Å². The highest BCUT2D eigenvalue weighted by Crippen LogP contribution is 2.28. The molecule has 0 aliphatic carbocycles. The van der Waals surface area contributed by atoms with Gasteiger partial charge < -0.3 is 10.1 Å². The van der Waals surface area contributed by atoms with Gasteiger partial charge in [0, 0.05) is 10.2 Å². The first-order valence-electron chi connectivity index (χ1n) is 6.64. The second-order valence-electron chi connectivity index (χ2n) is 4.89. The van der Waals surface area contributed by atoms with Crippen molar-refractivity contribution < 1.29 is 9.53 Å². The van der Waals surface area contributed by atoms with E-state index in [2.05, 4.69) is 28.2 Å². The lowest BCUT2D eigenvalue weighted by molar-refractivity contribution is -0.145. The molecular weight excluding hydrogens is 306 g/mol. The second kappa shape index (κ2) is 7.53. The summed E-state index contributed by atoms with van der Waals surface area (Å²) in [5.74, 6) is -0.223. The van der Waals surface area contributed by atoms with E-state index < -0.39 is 5.54 Å². The zero-order valence-corrected chi connectivity index (χ0v) is 13.4. The Balaban J connectivity index is 2.85. The van der Waals surface area contributed by atoms with Crippen molar-refractivity contribution in [3.05, 3.63) is 28.7 Å². The highest BCUT2D eigenvalue weighted by molar-refractivity contribution is 9.10.